The largest absolute Gasteiger partial charge is 0.0991 e. The van der Waals surface area contributed by atoms with E-state index < -0.39 is 0 Å². The van der Waals surface area contributed by atoms with E-state index in [2.05, 4.69) is 25.3 Å². The molecule has 0 aliphatic heterocycles. The van der Waals surface area contributed by atoms with Crippen LogP contribution in [0, 0.1) is 0 Å². The van der Waals surface area contributed by atoms with Gasteiger partial charge < -0.3 is 0 Å². The fourth-order valence-electron chi connectivity index (χ4n) is 0.738. The predicted octanol–water partition coefficient (Wildman–Crippen LogP) is 3.64. The second kappa shape index (κ2) is 8.96. The van der Waals surface area contributed by atoms with Crippen LogP contribution in [0.4, 0.5) is 0 Å². The fourth-order valence-corrected chi connectivity index (χ4v) is 0.738. The van der Waals surface area contributed by atoms with Crippen LogP contribution >= 0.6 is 0 Å². The third kappa shape index (κ3) is 8.96. The van der Waals surface area contributed by atoms with E-state index in [0.29, 0.717) is 0 Å². The molecule has 0 heterocycles. The van der Waals surface area contributed by atoms with Gasteiger partial charge in [0, 0.05) is 0 Å². The Balaban J connectivity index is 3.14. The summed E-state index contributed by atoms with van der Waals surface area (Å²) < 4.78 is 0. The maximum Gasteiger partial charge on any atom is -0.0345 e. The minimum Gasteiger partial charge on any atom is -0.0991 e. The molecule has 60 valence electrons. The van der Waals surface area contributed by atoms with Crippen LogP contribution in [0.5, 0.6) is 0 Å². The topological polar surface area (TPSA) is 0 Å². The molecule has 0 amide bonds. The molecule has 0 saturated heterocycles. The SMILES string of the molecule is C=C/C=C/CCC/C=C/C=C. The van der Waals surface area contributed by atoms with Crippen LogP contribution < -0.4 is 0 Å². The summed E-state index contributed by atoms with van der Waals surface area (Å²) >= 11 is 0. The summed E-state index contributed by atoms with van der Waals surface area (Å²) in [6.07, 6.45) is 15.3. The zero-order valence-electron chi connectivity index (χ0n) is 7.00. The normalized spacial score (nSPS) is 10.9. The van der Waals surface area contributed by atoms with E-state index in [-0.39, 0.29) is 0 Å². The molecule has 0 saturated carbocycles. The first-order valence-electron chi connectivity index (χ1n) is 3.97. The van der Waals surface area contributed by atoms with Gasteiger partial charge in [-0.15, -0.1) is 0 Å². The van der Waals surface area contributed by atoms with Gasteiger partial charge in [0.25, 0.3) is 0 Å². The van der Waals surface area contributed by atoms with Gasteiger partial charge >= 0.3 is 0 Å². The molecule has 0 radical (unpaired) electrons. The number of hydrogen-bond donors (Lipinski definition) is 0. The average molecular weight is 148 g/mol. The lowest BCUT2D eigenvalue weighted by molar-refractivity contribution is 0.868. The minimum absolute atomic E-state index is 1.13. The molecule has 0 aliphatic carbocycles. The van der Waals surface area contributed by atoms with Crippen molar-refractivity contribution in [3.8, 4) is 0 Å². The van der Waals surface area contributed by atoms with E-state index in [0.717, 1.165) is 12.8 Å². The zero-order chi connectivity index (χ0) is 8.36. The Hall–Kier alpha value is -1.04. The lowest BCUT2D eigenvalue weighted by Crippen LogP contribution is -1.67. The van der Waals surface area contributed by atoms with E-state index in [1.165, 1.54) is 6.42 Å². The third-order valence-electron chi connectivity index (χ3n) is 1.29. The van der Waals surface area contributed by atoms with Crippen molar-refractivity contribution in [2.75, 3.05) is 0 Å². The highest BCUT2D eigenvalue weighted by Gasteiger charge is 1.77. The van der Waals surface area contributed by atoms with Crippen molar-refractivity contribution in [2.24, 2.45) is 0 Å². The van der Waals surface area contributed by atoms with Crippen LogP contribution in [0.25, 0.3) is 0 Å². The van der Waals surface area contributed by atoms with Crippen molar-refractivity contribution >= 4 is 0 Å². The lowest BCUT2D eigenvalue weighted by atomic mass is 10.2. The van der Waals surface area contributed by atoms with Crippen LogP contribution in [0.15, 0.2) is 49.6 Å². The Morgan fingerprint density at radius 3 is 1.64 bits per heavy atom. The summed E-state index contributed by atoms with van der Waals surface area (Å²) in [6, 6.07) is 0. The molecule has 0 spiro atoms. The predicted molar refractivity (Wildman–Crippen MR) is 52.5 cm³/mol. The van der Waals surface area contributed by atoms with Gasteiger partial charge in [-0.2, -0.15) is 0 Å². The molecule has 0 N–H and O–H groups in total. The zero-order valence-corrected chi connectivity index (χ0v) is 7.00. The molecule has 11 heavy (non-hydrogen) atoms. The van der Waals surface area contributed by atoms with E-state index in [9.17, 15) is 0 Å². The highest BCUT2D eigenvalue weighted by Crippen LogP contribution is 1.97. The quantitative estimate of drug-likeness (QED) is 0.398. The van der Waals surface area contributed by atoms with Crippen LogP contribution in [0.2, 0.25) is 0 Å². The first-order chi connectivity index (χ1) is 5.41. The fraction of sp³-hybridized carbons (Fsp3) is 0.273. The van der Waals surface area contributed by atoms with Crippen molar-refractivity contribution in [1.29, 1.82) is 0 Å². The molecule has 0 nitrogen and oxygen atoms in total. The Bertz CT molecular complexity index is 131. The second-order valence-corrected chi connectivity index (χ2v) is 2.26. The number of unbranched alkanes of at least 4 members (excludes halogenated alkanes) is 2. The minimum atomic E-state index is 1.13. The average Bonchev–Trinajstić information content (AvgIpc) is 2.03. The number of hydrogen-bond acceptors (Lipinski definition) is 0. The molecule has 0 atom stereocenters. The summed E-state index contributed by atoms with van der Waals surface area (Å²) in [5.74, 6) is 0. The van der Waals surface area contributed by atoms with E-state index in [4.69, 9.17) is 0 Å². The van der Waals surface area contributed by atoms with Crippen molar-refractivity contribution in [3.05, 3.63) is 49.6 Å². The number of rotatable bonds is 6. The summed E-state index contributed by atoms with van der Waals surface area (Å²) in [4.78, 5) is 0. The summed E-state index contributed by atoms with van der Waals surface area (Å²) in [7, 11) is 0. The van der Waals surface area contributed by atoms with Gasteiger partial charge in [-0.05, 0) is 19.3 Å². The molecule has 0 heteroatoms. The van der Waals surface area contributed by atoms with Crippen LogP contribution in [-0.4, -0.2) is 0 Å². The van der Waals surface area contributed by atoms with Gasteiger partial charge in [0.15, 0.2) is 0 Å². The molecule has 0 rings (SSSR count). The third-order valence-corrected chi connectivity index (χ3v) is 1.29. The van der Waals surface area contributed by atoms with Gasteiger partial charge in [0.2, 0.25) is 0 Å². The first kappa shape index (κ1) is 9.96. The Morgan fingerprint density at radius 2 is 1.27 bits per heavy atom. The van der Waals surface area contributed by atoms with Crippen LogP contribution in [-0.2, 0) is 0 Å². The molecule has 0 unspecified atom stereocenters. The molecule has 0 aromatic heterocycles. The first-order valence-corrected chi connectivity index (χ1v) is 3.97. The van der Waals surface area contributed by atoms with Crippen molar-refractivity contribution in [1.82, 2.24) is 0 Å². The second-order valence-electron chi connectivity index (χ2n) is 2.26. The standard InChI is InChI=1S/C11H16/c1-3-5-7-9-11-10-8-6-4-2/h3-8H,1-2,9-11H2/b7-5+,8-6+. The molecular formula is C11H16. The van der Waals surface area contributed by atoms with Crippen molar-refractivity contribution < 1.29 is 0 Å². The molecule has 0 aromatic carbocycles. The Kier molecular flexibility index (Phi) is 8.11. The maximum absolute atomic E-state index is 3.59. The smallest absolute Gasteiger partial charge is 0.0345 e. The maximum atomic E-state index is 3.59. The van der Waals surface area contributed by atoms with Crippen molar-refractivity contribution in [3.63, 3.8) is 0 Å². The lowest BCUT2D eigenvalue weighted by Gasteiger charge is -1.87. The Labute approximate surface area is 69.6 Å². The molecule has 0 aromatic rings. The van der Waals surface area contributed by atoms with Crippen molar-refractivity contribution in [2.45, 2.75) is 19.3 Å². The molecule has 0 bridgehead atoms. The summed E-state index contributed by atoms with van der Waals surface area (Å²) in [5, 5.41) is 0. The van der Waals surface area contributed by atoms with E-state index in [1.807, 2.05) is 12.2 Å². The van der Waals surface area contributed by atoms with Gasteiger partial charge in [-0.3, -0.25) is 0 Å². The molecule has 0 fully saturated rings. The van der Waals surface area contributed by atoms with Gasteiger partial charge in [0.05, 0.1) is 0 Å². The van der Waals surface area contributed by atoms with Crippen LogP contribution in [0.3, 0.4) is 0 Å². The number of allylic oxidation sites excluding steroid dienone is 6. The highest BCUT2D eigenvalue weighted by molar-refractivity contribution is 4.99. The molecule has 0 aliphatic rings. The van der Waals surface area contributed by atoms with Gasteiger partial charge in [-0.1, -0.05) is 49.6 Å². The summed E-state index contributed by atoms with van der Waals surface area (Å²) in [5.41, 5.74) is 0. The summed E-state index contributed by atoms with van der Waals surface area (Å²) in [6.45, 7) is 7.19. The monoisotopic (exact) mass is 148 g/mol. The molecular weight excluding hydrogens is 132 g/mol. The van der Waals surface area contributed by atoms with Crippen LogP contribution in [0.1, 0.15) is 19.3 Å². The Morgan fingerprint density at radius 1 is 0.818 bits per heavy atom. The van der Waals surface area contributed by atoms with Gasteiger partial charge in [-0.25, -0.2) is 0 Å². The van der Waals surface area contributed by atoms with E-state index >= 15 is 0 Å². The van der Waals surface area contributed by atoms with E-state index in [1.54, 1.807) is 12.2 Å². The highest BCUT2D eigenvalue weighted by atomic mass is 13.8. The van der Waals surface area contributed by atoms with Gasteiger partial charge in [0.1, 0.15) is 0 Å².